The normalized spacial score (nSPS) is 11.8. The molecule has 232 valence electrons. The average molecular weight is 641 g/mol. The molecule has 0 saturated carbocycles. The number of hydrogen-bond donors (Lipinski definition) is 0. The molecule has 0 saturated heterocycles. The topological polar surface area (TPSA) is 13.1 Å². The number of fused-ring (bicyclic) bond motifs is 6. The minimum Gasteiger partial charge on any atom is -0.456 e. The minimum atomic E-state index is 0.925. The van der Waals surface area contributed by atoms with Gasteiger partial charge in [-0.15, -0.1) is 21.9 Å². The van der Waals surface area contributed by atoms with Gasteiger partial charge in [0.25, 0.3) is 0 Å². The maximum Gasteiger partial charge on any atom is 0.139 e. The van der Waals surface area contributed by atoms with Crippen molar-refractivity contribution in [2.75, 3.05) is 0 Å². The first-order valence-electron chi connectivity index (χ1n) is 18.1. The molecule has 0 aliphatic rings. The first-order chi connectivity index (χ1) is 24.7. The van der Waals surface area contributed by atoms with Gasteiger partial charge in [-0.2, -0.15) is 0 Å². The van der Waals surface area contributed by atoms with Crippen molar-refractivity contribution in [2.24, 2.45) is 0 Å². The molecule has 0 bridgehead atoms. The summed E-state index contributed by atoms with van der Waals surface area (Å²) in [7, 11) is 18.6. The van der Waals surface area contributed by atoms with Crippen LogP contribution in [-0.2, 0) is 0 Å². The first kappa shape index (κ1) is 31.8. The number of hydrogen-bond acceptors (Lipinski definition) is 1. The molecule has 0 aliphatic heterocycles. The van der Waals surface area contributed by atoms with E-state index in [0.717, 1.165) is 21.9 Å². The molecule has 9 heteroatoms. The van der Waals surface area contributed by atoms with E-state index in [0.29, 0.717) is 0 Å². The third-order valence-corrected chi connectivity index (χ3v) is 12.3. The van der Waals surface area contributed by atoms with Crippen molar-refractivity contribution in [3.05, 3.63) is 109 Å². The average Bonchev–Trinajstić information content (AvgIpc) is 3.54. The van der Waals surface area contributed by atoms with Crippen LogP contribution in [0.2, 0.25) is 0 Å². The molecule has 9 aromatic rings. The Bertz CT molecular complexity index is 2860. The van der Waals surface area contributed by atoms with E-state index in [1.54, 1.807) is 0 Å². The van der Waals surface area contributed by atoms with Crippen molar-refractivity contribution in [2.45, 2.75) is 0 Å². The van der Waals surface area contributed by atoms with Crippen LogP contribution >= 0.6 is 0 Å². The molecule has 0 atom stereocenters. The van der Waals surface area contributed by atoms with Crippen molar-refractivity contribution in [1.29, 1.82) is 0 Å². The van der Waals surface area contributed by atoms with Gasteiger partial charge >= 0.3 is 0 Å². The summed E-state index contributed by atoms with van der Waals surface area (Å²) in [6.45, 7) is 0. The van der Waals surface area contributed by atoms with Crippen molar-refractivity contribution in [3.63, 3.8) is 0 Å². The van der Waals surface area contributed by atoms with Crippen LogP contribution in [0.15, 0.2) is 114 Å². The lowest BCUT2D eigenvalue weighted by molar-refractivity contribution is 0.669. The summed E-state index contributed by atoms with van der Waals surface area (Å²) in [4.78, 5) is 0. The van der Waals surface area contributed by atoms with Crippen LogP contribution in [0.25, 0.3) is 87.6 Å². The Morgan fingerprint density at radius 3 is 1.43 bits per heavy atom. The largest absolute Gasteiger partial charge is 0.456 e. The summed E-state index contributed by atoms with van der Waals surface area (Å²) in [5.74, 6) is 0. The Hall–Kier alpha value is -5.14. The van der Waals surface area contributed by atoms with Crippen LogP contribution in [-0.4, -0.2) is 62.8 Å². The van der Waals surface area contributed by atoms with E-state index >= 15 is 0 Å². The molecule has 0 amide bonds. The van der Waals surface area contributed by atoms with Gasteiger partial charge in [-0.1, -0.05) is 113 Å². The third kappa shape index (κ3) is 4.60. The highest BCUT2D eigenvalue weighted by molar-refractivity contribution is 6.71. The van der Waals surface area contributed by atoms with Gasteiger partial charge in [-0.05, 0) is 83.9 Å². The number of para-hydroxylation sites is 1. The lowest BCUT2D eigenvalue weighted by Crippen LogP contribution is -2.50. The van der Waals surface area contributed by atoms with E-state index in [1.807, 2.05) is 12.1 Å². The maximum absolute atomic E-state index is 6.14. The fourth-order valence-electron chi connectivity index (χ4n) is 8.86. The van der Waals surface area contributed by atoms with Crippen molar-refractivity contribution in [3.8, 4) is 33.4 Å². The first-order valence-corrected chi connectivity index (χ1v) is 18.1. The van der Waals surface area contributed by atoms with Gasteiger partial charge in [0, 0.05) is 10.8 Å². The molecule has 0 fully saturated rings. The second kappa shape index (κ2) is 11.7. The molecule has 0 radical (unpaired) electrons. The second-order valence-corrected chi connectivity index (χ2v) is 14.7. The van der Waals surface area contributed by atoms with E-state index in [1.165, 1.54) is 109 Å². The minimum absolute atomic E-state index is 0.925. The number of rotatable bonds is 3. The highest BCUT2D eigenvalue weighted by Crippen LogP contribution is 2.43. The molecule has 9 rings (SSSR count). The highest BCUT2D eigenvalue weighted by Gasteiger charge is 2.25. The fourth-order valence-corrected chi connectivity index (χ4v) is 8.86. The number of furan rings is 1. The predicted octanol–water partition coefficient (Wildman–Crippen LogP) is -1.89. The van der Waals surface area contributed by atoms with Gasteiger partial charge in [-0.3, -0.25) is 0 Å². The van der Waals surface area contributed by atoms with E-state index in [4.69, 9.17) is 4.42 Å². The van der Waals surface area contributed by atoms with Crippen LogP contribution in [0.1, 0.15) is 0 Å². The zero-order valence-electron chi connectivity index (χ0n) is 30.8. The van der Waals surface area contributed by atoms with Crippen LogP contribution in [0.3, 0.4) is 0 Å². The molecule has 0 unspecified atom stereocenters. The van der Waals surface area contributed by atoms with Crippen molar-refractivity contribution < 1.29 is 4.42 Å². The molecule has 1 heterocycles. The van der Waals surface area contributed by atoms with Crippen LogP contribution in [0, 0.1) is 0 Å². The predicted molar refractivity (Wildman–Crippen MR) is 248 cm³/mol. The third-order valence-electron chi connectivity index (χ3n) is 12.3. The van der Waals surface area contributed by atoms with Gasteiger partial charge in [0.1, 0.15) is 73.9 Å². The smallest absolute Gasteiger partial charge is 0.139 e. The standard InChI is InChI=1S/C42H34B8O/c43-35-31-29(21-14-12-19(13-15-21)22-16-17-28-26(18-22)24-9-3-4-11-27(24)51-28)32-34(38(46)42(50)40(48)36(32)44)30(33(31)37(45)41(49)39(35)47)25-10-5-7-20-6-1-2-8-23(20)25/h1-18H,43-50H2. The van der Waals surface area contributed by atoms with E-state index in [9.17, 15) is 0 Å². The molecule has 1 aromatic heterocycles. The summed E-state index contributed by atoms with van der Waals surface area (Å²) in [6.07, 6.45) is 0. The monoisotopic (exact) mass is 642 g/mol. The summed E-state index contributed by atoms with van der Waals surface area (Å²) >= 11 is 0. The van der Waals surface area contributed by atoms with Gasteiger partial charge in [0.2, 0.25) is 0 Å². The molecule has 1 nitrogen and oxygen atoms in total. The van der Waals surface area contributed by atoms with Crippen LogP contribution < -0.4 is 43.7 Å². The van der Waals surface area contributed by atoms with Crippen LogP contribution in [0.4, 0.5) is 0 Å². The van der Waals surface area contributed by atoms with Crippen molar-refractivity contribution >= 4 is 161 Å². The van der Waals surface area contributed by atoms with E-state index < -0.39 is 0 Å². The van der Waals surface area contributed by atoms with Gasteiger partial charge in [-0.25, -0.2) is 0 Å². The Labute approximate surface area is 306 Å². The van der Waals surface area contributed by atoms with Crippen molar-refractivity contribution in [1.82, 2.24) is 0 Å². The SMILES string of the molecule is Bc1c(B)c(B)c2c(-c3cccc4ccccc34)c3c(B)c(B)c(B)c(B)c3c(-c3ccc(-c4ccc5oc6ccccc6c5c4)cc3)c2c1B. The lowest BCUT2D eigenvalue weighted by atomic mass is 9.59. The van der Waals surface area contributed by atoms with Gasteiger partial charge in [0.05, 0.1) is 0 Å². The summed E-state index contributed by atoms with van der Waals surface area (Å²) in [5.41, 5.74) is 20.5. The molecule has 0 aliphatic carbocycles. The second-order valence-electron chi connectivity index (χ2n) is 14.7. The Morgan fingerprint density at radius 1 is 0.333 bits per heavy atom. The summed E-state index contributed by atoms with van der Waals surface area (Å²) in [5, 5.41) is 10.4. The zero-order valence-corrected chi connectivity index (χ0v) is 30.8. The quantitative estimate of drug-likeness (QED) is 0.163. The fraction of sp³-hybridized carbons (Fsp3) is 0. The summed E-state index contributed by atoms with van der Waals surface area (Å²) in [6, 6.07) is 39.9. The number of benzene rings is 8. The molecular weight excluding hydrogens is 607 g/mol. The Balaban J connectivity index is 1.40. The van der Waals surface area contributed by atoms with E-state index in [-0.39, 0.29) is 0 Å². The van der Waals surface area contributed by atoms with Gasteiger partial charge < -0.3 is 4.42 Å². The van der Waals surface area contributed by atoms with Crippen LogP contribution in [0.5, 0.6) is 0 Å². The molecule has 51 heavy (non-hydrogen) atoms. The Kier molecular flexibility index (Phi) is 7.30. The zero-order chi connectivity index (χ0) is 35.3. The highest BCUT2D eigenvalue weighted by atomic mass is 16.3. The lowest BCUT2D eigenvalue weighted by Gasteiger charge is -2.28. The molecule has 0 spiro atoms. The van der Waals surface area contributed by atoms with Gasteiger partial charge in [0.15, 0.2) is 0 Å². The maximum atomic E-state index is 6.14. The molecular formula is C42H34B8O. The summed E-state index contributed by atoms with van der Waals surface area (Å²) < 4.78 is 6.14. The van der Waals surface area contributed by atoms with E-state index in [2.05, 4.69) is 160 Å². The molecule has 8 aromatic carbocycles. The Morgan fingerprint density at radius 2 is 0.804 bits per heavy atom. The molecule has 0 N–H and O–H groups in total.